The summed E-state index contributed by atoms with van der Waals surface area (Å²) in [6.07, 6.45) is 4.92. The van der Waals surface area contributed by atoms with Crippen LogP contribution >= 0.6 is 24.0 Å². The molecule has 0 aliphatic heterocycles. The van der Waals surface area contributed by atoms with Crippen molar-refractivity contribution in [1.82, 2.24) is 10.6 Å². The topological polar surface area (TPSA) is 79.5 Å². The van der Waals surface area contributed by atoms with Crippen molar-refractivity contribution in [3.05, 3.63) is 35.4 Å². The lowest BCUT2D eigenvalue weighted by molar-refractivity contribution is 0.1000. The Bertz CT molecular complexity index is 519. The van der Waals surface area contributed by atoms with E-state index in [1.807, 2.05) is 12.1 Å². The van der Waals surface area contributed by atoms with E-state index in [-0.39, 0.29) is 24.0 Å². The summed E-state index contributed by atoms with van der Waals surface area (Å²) in [6, 6.07) is 7.32. The number of hydrogen-bond acceptors (Lipinski definition) is 2. The minimum atomic E-state index is -0.406. The number of nitrogens with two attached hydrogens (primary N) is 1. The van der Waals surface area contributed by atoms with Crippen molar-refractivity contribution < 1.29 is 4.79 Å². The lowest BCUT2D eigenvalue weighted by atomic mass is 9.99. The molecule has 0 aliphatic rings. The van der Waals surface area contributed by atoms with E-state index in [4.69, 9.17) is 5.73 Å². The zero-order valence-electron chi connectivity index (χ0n) is 15.0. The van der Waals surface area contributed by atoms with Crippen LogP contribution in [0.5, 0.6) is 0 Å². The van der Waals surface area contributed by atoms with Crippen molar-refractivity contribution >= 4 is 35.8 Å². The number of carbonyl (C=O) groups is 1. The first-order valence-corrected chi connectivity index (χ1v) is 8.43. The van der Waals surface area contributed by atoms with Gasteiger partial charge in [-0.1, -0.05) is 45.2 Å². The van der Waals surface area contributed by atoms with Crippen molar-refractivity contribution in [3.8, 4) is 0 Å². The molecule has 1 amide bonds. The van der Waals surface area contributed by atoms with Crippen LogP contribution in [-0.2, 0) is 6.54 Å². The fourth-order valence-corrected chi connectivity index (χ4v) is 2.43. The van der Waals surface area contributed by atoms with E-state index >= 15 is 0 Å². The first kappa shape index (κ1) is 22.7. The number of carbonyl (C=O) groups excluding carboxylic acids is 1. The standard InChI is InChI=1S/C18H30N4O.HI/c1-4-6-8-14(5-2)12-21-18(20-3)22-13-15-9-7-10-16(11-15)17(19)23;/h7,9-11,14H,4-6,8,12-13H2,1-3H3,(H2,19,23)(H2,20,21,22);1H. The Morgan fingerprint density at radius 3 is 2.62 bits per heavy atom. The van der Waals surface area contributed by atoms with Gasteiger partial charge >= 0.3 is 0 Å². The number of hydrogen-bond donors (Lipinski definition) is 3. The van der Waals surface area contributed by atoms with E-state index in [0.29, 0.717) is 18.0 Å². The largest absolute Gasteiger partial charge is 0.366 e. The smallest absolute Gasteiger partial charge is 0.248 e. The fraction of sp³-hybridized carbons (Fsp3) is 0.556. The summed E-state index contributed by atoms with van der Waals surface area (Å²) >= 11 is 0. The number of nitrogens with one attached hydrogen (secondary N) is 2. The zero-order valence-corrected chi connectivity index (χ0v) is 17.3. The van der Waals surface area contributed by atoms with Gasteiger partial charge in [0.15, 0.2) is 5.96 Å². The van der Waals surface area contributed by atoms with Crippen molar-refractivity contribution in [2.75, 3.05) is 13.6 Å². The van der Waals surface area contributed by atoms with Crippen LogP contribution < -0.4 is 16.4 Å². The van der Waals surface area contributed by atoms with E-state index in [2.05, 4.69) is 29.5 Å². The van der Waals surface area contributed by atoms with Crippen LogP contribution in [0, 0.1) is 5.92 Å². The molecule has 1 unspecified atom stereocenters. The number of rotatable bonds is 9. The highest BCUT2D eigenvalue weighted by atomic mass is 127. The summed E-state index contributed by atoms with van der Waals surface area (Å²) < 4.78 is 0. The van der Waals surface area contributed by atoms with E-state index in [9.17, 15) is 4.79 Å². The van der Waals surface area contributed by atoms with E-state index in [0.717, 1.165) is 18.1 Å². The van der Waals surface area contributed by atoms with Crippen LogP contribution in [0.2, 0.25) is 0 Å². The Morgan fingerprint density at radius 1 is 1.29 bits per heavy atom. The number of guanidine groups is 1. The number of benzene rings is 1. The second-order valence-corrected chi connectivity index (χ2v) is 5.79. The monoisotopic (exact) mass is 446 g/mol. The number of primary amides is 1. The van der Waals surface area contributed by atoms with Gasteiger partial charge in [0.25, 0.3) is 0 Å². The average molecular weight is 446 g/mol. The van der Waals surface area contributed by atoms with Crippen LogP contribution in [-0.4, -0.2) is 25.5 Å². The molecule has 0 heterocycles. The summed E-state index contributed by atoms with van der Waals surface area (Å²) in [6.45, 7) is 5.98. The fourth-order valence-electron chi connectivity index (χ4n) is 2.43. The molecule has 0 spiro atoms. The van der Waals surface area contributed by atoms with Crippen LogP contribution in [0.15, 0.2) is 29.3 Å². The molecule has 1 aromatic rings. The number of amides is 1. The van der Waals surface area contributed by atoms with Gasteiger partial charge in [-0.3, -0.25) is 9.79 Å². The number of halogens is 1. The molecular weight excluding hydrogens is 415 g/mol. The molecule has 6 heteroatoms. The van der Waals surface area contributed by atoms with Crippen LogP contribution in [0.25, 0.3) is 0 Å². The van der Waals surface area contributed by atoms with E-state index in [1.54, 1.807) is 19.2 Å². The lowest BCUT2D eigenvalue weighted by Crippen LogP contribution is -2.39. The third-order valence-corrected chi connectivity index (χ3v) is 4.00. The van der Waals surface area contributed by atoms with Gasteiger partial charge in [-0.15, -0.1) is 24.0 Å². The van der Waals surface area contributed by atoms with Crippen molar-refractivity contribution in [1.29, 1.82) is 0 Å². The van der Waals surface area contributed by atoms with Gasteiger partial charge in [0, 0.05) is 25.7 Å². The quantitative estimate of drug-likeness (QED) is 0.310. The molecule has 136 valence electrons. The Balaban J connectivity index is 0.00000529. The molecule has 1 rings (SSSR count). The average Bonchev–Trinajstić information content (AvgIpc) is 2.57. The highest BCUT2D eigenvalue weighted by molar-refractivity contribution is 14.0. The molecule has 5 nitrogen and oxygen atoms in total. The molecule has 0 radical (unpaired) electrons. The summed E-state index contributed by atoms with van der Waals surface area (Å²) in [5.74, 6) is 1.05. The van der Waals surface area contributed by atoms with Crippen molar-refractivity contribution in [2.24, 2.45) is 16.6 Å². The summed E-state index contributed by atoms with van der Waals surface area (Å²) in [4.78, 5) is 15.5. The molecule has 0 saturated carbocycles. The summed E-state index contributed by atoms with van der Waals surface area (Å²) in [5.41, 5.74) is 6.83. The molecule has 24 heavy (non-hydrogen) atoms. The van der Waals surface area contributed by atoms with Gasteiger partial charge in [-0.25, -0.2) is 0 Å². The lowest BCUT2D eigenvalue weighted by Gasteiger charge is -2.18. The third-order valence-electron chi connectivity index (χ3n) is 4.00. The molecule has 0 fully saturated rings. The number of aliphatic imine (C=N–C) groups is 1. The zero-order chi connectivity index (χ0) is 17.1. The molecule has 0 saturated heterocycles. The normalized spacial score (nSPS) is 12.2. The summed E-state index contributed by atoms with van der Waals surface area (Å²) in [7, 11) is 1.77. The SMILES string of the molecule is CCCCC(CC)CNC(=NC)NCc1cccc(C(N)=O)c1.I. The maximum atomic E-state index is 11.2. The molecule has 4 N–H and O–H groups in total. The van der Waals surface area contributed by atoms with Crippen LogP contribution in [0.4, 0.5) is 0 Å². The second-order valence-electron chi connectivity index (χ2n) is 5.79. The number of nitrogens with zero attached hydrogens (tertiary/aromatic N) is 1. The van der Waals surface area contributed by atoms with Gasteiger partial charge in [-0.05, 0) is 30.0 Å². The summed E-state index contributed by atoms with van der Waals surface area (Å²) in [5, 5.41) is 6.66. The minimum Gasteiger partial charge on any atom is -0.366 e. The van der Waals surface area contributed by atoms with Crippen LogP contribution in [0.1, 0.15) is 55.5 Å². The molecule has 0 bridgehead atoms. The molecule has 1 aromatic carbocycles. The van der Waals surface area contributed by atoms with Gasteiger partial charge in [-0.2, -0.15) is 0 Å². The predicted molar refractivity (Wildman–Crippen MR) is 112 cm³/mol. The first-order valence-electron chi connectivity index (χ1n) is 8.43. The molecule has 0 aliphatic carbocycles. The Morgan fingerprint density at radius 2 is 2.04 bits per heavy atom. The van der Waals surface area contributed by atoms with Gasteiger partial charge in [0.05, 0.1) is 0 Å². The Hall–Kier alpha value is -1.31. The molecular formula is C18H31IN4O. The molecule has 1 atom stereocenters. The maximum absolute atomic E-state index is 11.2. The van der Waals surface area contributed by atoms with Gasteiger partial charge in [0.2, 0.25) is 5.91 Å². The Labute approximate surface area is 162 Å². The van der Waals surface area contributed by atoms with E-state index in [1.165, 1.54) is 25.7 Å². The van der Waals surface area contributed by atoms with Crippen molar-refractivity contribution in [2.45, 2.75) is 46.1 Å². The third kappa shape index (κ3) is 8.52. The van der Waals surface area contributed by atoms with Crippen LogP contribution in [0.3, 0.4) is 0 Å². The van der Waals surface area contributed by atoms with Gasteiger partial charge < -0.3 is 16.4 Å². The molecule has 0 aromatic heterocycles. The first-order chi connectivity index (χ1) is 11.1. The maximum Gasteiger partial charge on any atom is 0.248 e. The van der Waals surface area contributed by atoms with E-state index < -0.39 is 5.91 Å². The van der Waals surface area contributed by atoms with Crippen molar-refractivity contribution in [3.63, 3.8) is 0 Å². The second kappa shape index (κ2) is 13.0. The predicted octanol–water partition coefficient (Wildman–Crippen LogP) is 3.28. The Kier molecular flexibility index (Phi) is 12.3. The van der Waals surface area contributed by atoms with Gasteiger partial charge in [0.1, 0.15) is 0 Å². The number of unbranched alkanes of at least 4 members (excludes halogenated alkanes) is 1. The minimum absolute atomic E-state index is 0. The highest BCUT2D eigenvalue weighted by Gasteiger charge is 2.07. The highest BCUT2D eigenvalue weighted by Crippen LogP contribution is 2.11.